The van der Waals surface area contributed by atoms with Crippen molar-refractivity contribution in [1.29, 1.82) is 0 Å². The average Bonchev–Trinajstić information content (AvgIpc) is 2.75. The molecule has 0 aliphatic carbocycles. The van der Waals surface area contributed by atoms with Gasteiger partial charge in [-0.05, 0) is 48.2 Å². The van der Waals surface area contributed by atoms with E-state index in [-0.39, 0.29) is 11.1 Å². The van der Waals surface area contributed by atoms with E-state index in [0.29, 0.717) is 19.6 Å². The Morgan fingerprint density at radius 3 is 1.82 bits per heavy atom. The van der Waals surface area contributed by atoms with Gasteiger partial charge in [-0.3, -0.25) is 0 Å². The second-order valence-corrected chi connectivity index (χ2v) is 14.9. The Balaban J connectivity index is 2.24. The molecular weight excluding hydrogens is 450 g/mol. The lowest BCUT2D eigenvalue weighted by molar-refractivity contribution is 0.0312. The smallest absolute Gasteiger partial charge is 0.410 e. The fourth-order valence-corrected chi connectivity index (χ4v) is 8.72. The van der Waals surface area contributed by atoms with Crippen LogP contribution in [0.2, 0.25) is 5.04 Å². The third-order valence-corrected chi connectivity index (χ3v) is 10.8. The van der Waals surface area contributed by atoms with Gasteiger partial charge in [0, 0.05) is 25.7 Å². The molecule has 2 rings (SSSR count). The van der Waals surface area contributed by atoms with Crippen molar-refractivity contribution < 1.29 is 14.0 Å². The molecule has 0 fully saturated rings. The largest absolute Gasteiger partial charge is 0.444 e. The van der Waals surface area contributed by atoms with E-state index in [9.17, 15) is 4.79 Å². The van der Waals surface area contributed by atoms with Crippen LogP contribution in [0.5, 0.6) is 0 Å². The first kappa shape index (κ1) is 27.2. The summed E-state index contributed by atoms with van der Waals surface area (Å²) in [5.41, 5.74) is 1.93. The van der Waals surface area contributed by atoms with Crippen LogP contribution in [0.25, 0.3) is 0 Å². The zero-order valence-corrected chi connectivity index (χ0v) is 22.8. The summed E-state index contributed by atoms with van der Waals surface area (Å²) in [6, 6.07) is 21.1. The van der Waals surface area contributed by atoms with Gasteiger partial charge in [0.25, 0.3) is 8.32 Å². The van der Waals surface area contributed by atoms with E-state index in [4.69, 9.17) is 20.8 Å². The van der Waals surface area contributed by atoms with E-state index in [2.05, 4.69) is 69.3 Å². The monoisotopic (exact) mass is 487 g/mol. The molecule has 0 unspecified atom stereocenters. The predicted molar refractivity (Wildman–Crippen MR) is 141 cm³/mol. The van der Waals surface area contributed by atoms with Gasteiger partial charge in [-0.1, -0.05) is 93.0 Å². The van der Waals surface area contributed by atoms with Crippen LogP contribution in [-0.4, -0.2) is 45.1 Å². The van der Waals surface area contributed by atoms with Crippen molar-refractivity contribution in [3.05, 3.63) is 71.8 Å². The third-order valence-electron chi connectivity index (χ3n) is 5.46. The van der Waals surface area contributed by atoms with Gasteiger partial charge >= 0.3 is 6.09 Å². The van der Waals surface area contributed by atoms with Crippen LogP contribution in [0.4, 0.5) is 4.79 Å². The second kappa shape index (κ2) is 11.4. The van der Waals surface area contributed by atoms with Gasteiger partial charge in [-0.25, -0.2) is 4.79 Å². The molecule has 180 valence electrons. The Morgan fingerprint density at radius 1 is 0.939 bits per heavy atom. The van der Waals surface area contributed by atoms with Crippen LogP contribution in [0.15, 0.2) is 71.8 Å². The first-order valence-corrected chi connectivity index (χ1v) is 13.7. The van der Waals surface area contributed by atoms with E-state index >= 15 is 0 Å². The number of likely N-dealkylation sites (N-methyl/N-ethyl adjacent to an activating group) is 1. The molecule has 2 aromatic rings. The molecule has 2 aromatic carbocycles. The van der Waals surface area contributed by atoms with Gasteiger partial charge in [0.15, 0.2) is 0 Å². The quantitative estimate of drug-likeness (QED) is 0.432. The fraction of sp³-hybridized carbons (Fsp3) is 0.444. The zero-order valence-electron chi connectivity index (χ0n) is 21.0. The van der Waals surface area contributed by atoms with Crippen LogP contribution >= 0.6 is 11.6 Å². The van der Waals surface area contributed by atoms with E-state index in [1.807, 2.05) is 32.9 Å². The van der Waals surface area contributed by atoms with Crippen LogP contribution < -0.4 is 10.4 Å². The number of hydrogen-bond acceptors (Lipinski definition) is 3. The molecule has 33 heavy (non-hydrogen) atoms. The number of nitrogens with zero attached hydrogens (tertiary/aromatic N) is 1. The van der Waals surface area contributed by atoms with E-state index in [1.54, 1.807) is 17.5 Å². The van der Waals surface area contributed by atoms with E-state index in [1.165, 1.54) is 10.4 Å². The summed E-state index contributed by atoms with van der Waals surface area (Å²) in [5.74, 6) is 0. The SMILES string of the molecule is CN(C/C(=C\Cl)CCO[Si](c1ccccc1)(c1ccccc1)C(C)(C)C)C(=O)OC(C)(C)C. The molecule has 0 N–H and O–H groups in total. The average molecular weight is 488 g/mol. The highest BCUT2D eigenvalue weighted by Crippen LogP contribution is 2.37. The van der Waals surface area contributed by atoms with Gasteiger partial charge in [-0.2, -0.15) is 0 Å². The minimum atomic E-state index is -2.60. The highest BCUT2D eigenvalue weighted by molar-refractivity contribution is 6.99. The molecule has 0 aromatic heterocycles. The standard InChI is InChI=1S/C27H38ClNO3Si/c1-26(2,3)32-25(30)29(7)21-22(20-28)18-19-31-33(27(4,5)6,23-14-10-8-11-15-23)24-16-12-9-13-17-24/h8-17,20H,18-19,21H2,1-7H3/b22-20-. The van der Waals surface area contributed by atoms with Gasteiger partial charge in [0.05, 0.1) is 0 Å². The Morgan fingerprint density at radius 2 is 1.42 bits per heavy atom. The molecule has 0 atom stereocenters. The van der Waals surface area contributed by atoms with E-state index in [0.717, 1.165) is 5.57 Å². The van der Waals surface area contributed by atoms with Crippen LogP contribution in [0.3, 0.4) is 0 Å². The van der Waals surface area contributed by atoms with Crippen LogP contribution in [0.1, 0.15) is 48.0 Å². The molecule has 0 saturated carbocycles. The molecule has 0 spiro atoms. The van der Waals surface area contributed by atoms with E-state index < -0.39 is 13.9 Å². The van der Waals surface area contributed by atoms with Gasteiger partial charge in [0.1, 0.15) is 5.60 Å². The lowest BCUT2D eigenvalue weighted by Gasteiger charge is -2.43. The number of carbonyl (C=O) groups excluding carboxylic acids is 1. The molecule has 0 saturated heterocycles. The Hall–Kier alpha value is -2.08. The lowest BCUT2D eigenvalue weighted by atomic mass is 10.2. The second-order valence-electron chi connectivity index (χ2n) is 10.4. The fourth-order valence-electron chi connectivity index (χ4n) is 3.97. The minimum Gasteiger partial charge on any atom is -0.444 e. The van der Waals surface area contributed by atoms with Crippen molar-refractivity contribution in [3.8, 4) is 0 Å². The van der Waals surface area contributed by atoms with Crippen molar-refractivity contribution >= 4 is 36.4 Å². The number of halogens is 1. The Kier molecular flexibility index (Phi) is 9.35. The zero-order chi connectivity index (χ0) is 24.7. The molecule has 4 nitrogen and oxygen atoms in total. The maximum atomic E-state index is 12.4. The first-order chi connectivity index (χ1) is 15.4. The Bertz CT molecular complexity index is 878. The highest BCUT2D eigenvalue weighted by atomic mass is 35.5. The number of amides is 1. The summed E-state index contributed by atoms with van der Waals surface area (Å²) in [4.78, 5) is 13.9. The minimum absolute atomic E-state index is 0.0894. The summed E-state index contributed by atoms with van der Waals surface area (Å²) in [6.45, 7) is 13.2. The first-order valence-electron chi connectivity index (χ1n) is 11.4. The third kappa shape index (κ3) is 7.20. The normalized spacial score (nSPS) is 13.0. The summed E-state index contributed by atoms with van der Waals surface area (Å²) in [5, 5.41) is 2.39. The highest BCUT2D eigenvalue weighted by Gasteiger charge is 2.50. The molecule has 0 radical (unpaired) electrons. The van der Waals surface area contributed by atoms with Gasteiger partial charge < -0.3 is 14.1 Å². The van der Waals surface area contributed by atoms with Crippen molar-refractivity contribution in [2.45, 2.75) is 58.6 Å². The molecule has 0 heterocycles. The predicted octanol–water partition coefficient (Wildman–Crippen LogP) is 5.94. The molecular formula is C27H38ClNO3Si. The summed E-state index contributed by atoms with van der Waals surface area (Å²) in [7, 11) is -0.878. The van der Waals surface area contributed by atoms with Crippen LogP contribution in [-0.2, 0) is 9.16 Å². The van der Waals surface area contributed by atoms with Crippen LogP contribution in [0, 0.1) is 0 Å². The number of hydrogen-bond donors (Lipinski definition) is 0. The lowest BCUT2D eigenvalue weighted by Crippen LogP contribution is -2.66. The van der Waals surface area contributed by atoms with Crippen molar-refractivity contribution in [3.63, 3.8) is 0 Å². The summed E-state index contributed by atoms with van der Waals surface area (Å²) in [6.07, 6.45) is 0.257. The molecule has 0 aliphatic rings. The molecule has 6 heteroatoms. The molecule has 0 bridgehead atoms. The van der Waals surface area contributed by atoms with Gasteiger partial charge in [0.2, 0.25) is 0 Å². The van der Waals surface area contributed by atoms with Crippen molar-refractivity contribution in [1.82, 2.24) is 4.90 Å². The molecule has 0 aliphatic heterocycles. The number of carbonyl (C=O) groups is 1. The maximum absolute atomic E-state index is 12.4. The maximum Gasteiger partial charge on any atom is 0.410 e. The Labute approximate surface area is 205 Å². The number of rotatable bonds is 8. The van der Waals surface area contributed by atoms with Crippen molar-refractivity contribution in [2.24, 2.45) is 0 Å². The van der Waals surface area contributed by atoms with Crippen molar-refractivity contribution in [2.75, 3.05) is 20.2 Å². The summed E-state index contributed by atoms with van der Waals surface area (Å²) < 4.78 is 12.4. The number of benzene rings is 2. The van der Waals surface area contributed by atoms with Gasteiger partial charge in [-0.15, -0.1) is 0 Å². The molecule has 1 amide bonds. The topological polar surface area (TPSA) is 38.8 Å². The summed E-state index contributed by atoms with van der Waals surface area (Å²) >= 11 is 6.14. The number of ether oxygens (including phenoxy) is 1.